The van der Waals surface area contributed by atoms with E-state index in [-0.39, 0.29) is 30.1 Å². The quantitative estimate of drug-likeness (QED) is 0.748. The number of nitrogens with one attached hydrogen (secondary N) is 1. The Kier molecular flexibility index (Phi) is 4.81. The minimum absolute atomic E-state index is 0.198. The van der Waals surface area contributed by atoms with Gasteiger partial charge >= 0.3 is 0 Å². The van der Waals surface area contributed by atoms with E-state index in [1.165, 1.54) is 13.8 Å². The largest absolute Gasteiger partial charge is 0.486 e. The second-order valence-corrected chi connectivity index (χ2v) is 8.78. The molecule has 10 heteroatoms. The average Bonchev–Trinajstić information content (AvgIpc) is 3.26. The van der Waals surface area contributed by atoms with Gasteiger partial charge in [0.1, 0.15) is 6.61 Å². The van der Waals surface area contributed by atoms with Gasteiger partial charge in [0.25, 0.3) is 5.91 Å². The van der Waals surface area contributed by atoms with Crippen LogP contribution < -0.4 is 19.7 Å². The molecule has 164 valence electrons. The molecule has 1 N–H and O–H groups in total. The first-order chi connectivity index (χ1) is 15.4. The summed E-state index contributed by atoms with van der Waals surface area (Å²) >= 11 is 1.05. The first-order valence-electron chi connectivity index (χ1n) is 10.1. The van der Waals surface area contributed by atoms with Gasteiger partial charge in [0.2, 0.25) is 16.7 Å². The molecule has 2 atom stereocenters. The Morgan fingerprint density at radius 3 is 2.62 bits per heavy atom. The van der Waals surface area contributed by atoms with Crippen molar-refractivity contribution in [3.05, 3.63) is 54.1 Å². The minimum Gasteiger partial charge on any atom is -0.486 e. The van der Waals surface area contributed by atoms with Crippen molar-refractivity contribution in [3.63, 3.8) is 0 Å². The van der Waals surface area contributed by atoms with Crippen molar-refractivity contribution in [3.8, 4) is 11.5 Å². The van der Waals surface area contributed by atoms with E-state index in [4.69, 9.17) is 9.47 Å². The molecule has 0 aliphatic carbocycles. The second kappa shape index (κ2) is 7.56. The molecule has 0 saturated heterocycles. The van der Waals surface area contributed by atoms with Crippen LogP contribution in [0.5, 0.6) is 11.5 Å². The van der Waals surface area contributed by atoms with Crippen molar-refractivity contribution in [1.82, 2.24) is 10.3 Å². The summed E-state index contributed by atoms with van der Waals surface area (Å²) in [6.07, 6.45) is -0.398. The molecule has 2 aromatic rings. The molecule has 32 heavy (non-hydrogen) atoms. The number of nitrogens with zero attached hydrogens (tertiary/aromatic N) is 3. The zero-order valence-corrected chi connectivity index (χ0v) is 18.2. The average molecular weight is 452 g/mol. The van der Waals surface area contributed by atoms with Gasteiger partial charge in [0, 0.05) is 19.4 Å². The maximum Gasteiger partial charge on any atom is 0.270 e. The highest BCUT2D eigenvalue weighted by atomic mass is 32.2. The van der Waals surface area contributed by atoms with Crippen LogP contribution in [-0.4, -0.2) is 47.2 Å². The monoisotopic (exact) mass is 452 g/mol. The Bertz CT molecular complexity index is 1170. The van der Waals surface area contributed by atoms with Crippen LogP contribution >= 0.6 is 11.8 Å². The van der Waals surface area contributed by atoms with Crippen LogP contribution in [0.4, 0.5) is 5.69 Å². The molecule has 0 saturated carbocycles. The van der Waals surface area contributed by atoms with E-state index in [0.29, 0.717) is 22.7 Å². The fraction of sp³-hybridized carbons (Fsp3) is 0.273. The molecule has 3 heterocycles. The Hall–Kier alpha value is -3.53. The number of amides is 3. The topological polar surface area (TPSA) is 101 Å². The molecule has 3 aliphatic heterocycles. The Morgan fingerprint density at radius 2 is 1.88 bits per heavy atom. The molecular formula is C22H20N4O5S. The van der Waals surface area contributed by atoms with Crippen LogP contribution in [0.15, 0.2) is 53.6 Å². The van der Waals surface area contributed by atoms with Crippen molar-refractivity contribution >= 4 is 40.3 Å². The predicted octanol–water partition coefficient (Wildman–Crippen LogP) is 2.03. The summed E-state index contributed by atoms with van der Waals surface area (Å²) in [5.74, 6) is 0.212. The zero-order chi connectivity index (χ0) is 22.5. The standard InChI is InChI=1S/C22H20N4O5S/c1-13(27)23-21-24-26(14(2)28)22(32-21)16-7-3-4-8-17(16)25(20(22)29)11-15-12-30-18-9-5-6-10-19(18)31-15/h3-10,15H,11-12H2,1-2H3,(H,23,24,27)/t15-,22-/m1/s1. The molecule has 0 fully saturated rings. The molecule has 0 radical (unpaired) electrons. The van der Waals surface area contributed by atoms with E-state index < -0.39 is 16.9 Å². The maximum atomic E-state index is 13.9. The number of hydrazone groups is 1. The first-order valence-corrected chi connectivity index (χ1v) is 10.9. The summed E-state index contributed by atoms with van der Waals surface area (Å²) in [5, 5.41) is 8.20. The molecule has 0 bridgehead atoms. The lowest BCUT2D eigenvalue weighted by molar-refractivity contribution is -0.139. The number of hydrogen-bond donors (Lipinski definition) is 1. The lowest BCUT2D eigenvalue weighted by atomic mass is 10.1. The number of rotatable bonds is 2. The van der Waals surface area contributed by atoms with Crippen LogP contribution in [0.2, 0.25) is 0 Å². The van der Waals surface area contributed by atoms with Crippen LogP contribution in [0.25, 0.3) is 0 Å². The van der Waals surface area contributed by atoms with Crippen LogP contribution in [0, 0.1) is 0 Å². The number of thioether (sulfide) groups is 1. The summed E-state index contributed by atoms with van der Waals surface area (Å²) in [6, 6.07) is 14.6. The molecule has 3 amide bonds. The third-order valence-corrected chi connectivity index (χ3v) is 6.60. The summed E-state index contributed by atoms with van der Waals surface area (Å²) < 4.78 is 11.9. The van der Waals surface area contributed by atoms with Crippen molar-refractivity contribution in [2.75, 3.05) is 18.1 Å². The number of fused-ring (bicyclic) bond motifs is 3. The third kappa shape index (κ3) is 3.10. The predicted molar refractivity (Wildman–Crippen MR) is 118 cm³/mol. The van der Waals surface area contributed by atoms with Crippen molar-refractivity contribution in [1.29, 1.82) is 0 Å². The highest BCUT2D eigenvalue weighted by Crippen LogP contribution is 2.54. The van der Waals surface area contributed by atoms with Gasteiger partial charge in [0.15, 0.2) is 22.8 Å². The van der Waals surface area contributed by atoms with Gasteiger partial charge in [-0.05, 0) is 30.0 Å². The second-order valence-electron chi connectivity index (χ2n) is 7.59. The van der Waals surface area contributed by atoms with Crippen LogP contribution in [-0.2, 0) is 19.3 Å². The van der Waals surface area contributed by atoms with Gasteiger partial charge in [-0.1, -0.05) is 30.3 Å². The lowest BCUT2D eigenvalue weighted by Crippen LogP contribution is -2.51. The molecule has 0 unspecified atom stereocenters. The van der Waals surface area contributed by atoms with Gasteiger partial charge in [-0.2, -0.15) is 5.01 Å². The molecule has 2 aromatic carbocycles. The SMILES string of the molecule is CC(=O)NC1=NN(C(C)=O)[C@]2(S1)C(=O)N(C[C@@H]1COc3ccccc3O1)c1ccccc12. The fourth-order valence-electron chi connectivity index (χ4n) is 4.10. The molecule has 1 spiro atoms. The van der Waals surface area contributed by atoms with Gasteiger partial charge in [-0.25, -0.2) is 0 Å². The number of amidine groups is 1. The first kappa shape index (κ1) is 20.4. The maximum absolute atomic E-state index is 13.9. The Balaban J connectivity index is 1.49. The molecular weight excluding hydrogens is 432 g/mol. The lowest BCUT2D eigenvalue weighted by Gasteiger charge is -2.32. The Morgan fingerprint density at radius 1 is 1.16 bits per heavy atom. The van der Waals surface area contributed by atoms with Crippen molar-refractivity contribution in [2.24, 2.45) is 5.10 Å². The normalized spacial score (nSPS) is 23.2. The number of ether oxygens (including phenoxy) is 2. The number of carbonyl (C=O) groups excluding carboxylic acids is 3. The number of anilines is 1. The molecule has 0 aromatic heterocycles. The van der Waals surface area contributed by atoms with E-state index in [9.17, 15) is 14.4 Å². The van der Waals surface area contributed by atoms with E-state index in [1.54, 1.807) is 11.0 Å². The summed E-state index contributed by atoms with van der Waals surface area (Å²) in [5.41, 5.74) is 1.30. The van der Waals surface area contributed by atoms with Gasteiger partial charge in [-0.3, -0.25) is 14.4 Å². The van der Waals surface area contributed by atoms with Gasteiger partial charge in [0.05, 0.1) is 12.2 Å². The number of hydrogen-bond acceptors (Lipinski definition) is 7. The smallest absolute Gasteiger partial charge is 0.270 e. The summed E-state index contributed by atoms with van der Waals surface area (Å²) in [4.78, 5) is 38.2. The Labute approximate surface area is 188 Å². The van der Waals surface area contributed by atoms with Crippen molar-refractivity contribution < 1.29 is 23.9 Å². The molecule has 5 rings (SSSR count). The highest BCUT2D eigenvalue weighted by molar-refractivity contribution is 8.15. The number of carbonyl (C=O) groups is 3. The van der Waals surface area contributed by atoms with E-state index in [2.05, 4.69) is 10.4 Å². The number of para-hydroxylation sites is 3. The summed E-state index contributed by atoms with van der Waals surface area (Å²) in [7, 11) is 0. The fourth-order valence-corrected chi connectivity index (χ4v) is 5.44. The van der Waals surface area contributed by atoms with Gasteiger partial charge in [-0.15, -0.1) is 5.10 Å². The van der Waals surface area contributed by atoms with Crippen molar-refractivity contribution in [2.45, 2.75) is 24.8 Å². The molecule has 3 aliphatic rings. The van der Waals surface area contributed by atoms with E-state index >= 15 is 0 Å². The van der Waals surface area contributed by atoms with Crippen LogP contribution in [0.1, 0.15) is 19.4 Å². The van der Waals surface area contributed by atoms with E-state index in [1.807, 2.05) is 42.5 Å². The van der Waals surface area contributed by atoms with Crippen LogP contribution in [0.3, 0.4) is 0 Å². The zero-order valence-electron chi connectivity index (χ0n) is 17.4. The summed E-state index contributed by atoms with van der Waals surface area (Å²) in [6.45, 7) is 3.21. The van der Waals surface area contributed by atoms with E-state index in [0.717, 1.165) is 16.8 Å². The van der Waals surface area contributed by atoms with Gasteiger partial charge < -0.3 is 19.7 Å². The third-order valence-electron chi connectivity index (χ3n) is 5.36. The number of benzene rings is 2. The highest BCUT2D eigenvalue weighted by Gasteiger charge is 2.61. The molecule has 9 nitrogen and oxygen atoms in total. The minimum atomic E-state index is -1.42.